The summed E-state index contributed by atoms with van der Waals surface area (Å²) in [7, 11) is 0. The molecule has 0 bridgehead atoms. The number of rotatable bonds is 5. The molecule has 0 unspecified atom stereocenters. The van der Waals surface area contributed by atoms with Crippen LogP contribution in [-0.2, 0) is 13.1 Å². The molecule has 2 aliphatic rings. The van der Waals surface area contributed by atoms with Crippen LogP contribution in [0.3, 0.4) is 0 Å². The van der Waals surface area contributed by atoms with Crippen molar-refractivity contribution in [2.24, 2.45) is 0 Å². The second-order valence-corrected chi connectivity index (χ2v) is 6.28. The first-order valence-electron chi connectivity index (χ1n) is 8.02. The Bertz CT molecular complexity index is 423. The third-order valence-corrected chi connectivity index (χ3v) is 4.76. The van der Waals surface area contributed by atoms with Crippen molar-refractivity contribution in [3.05, 3.63) is 35.4 Å². The molecule has 1 aromatic carbocycles. The van der Waals surface area contributed by atoms with Crippen molar-refractivity contribution in [1.82, 2.24) is 10.2 Å². The van der Waals surface area contributed by atoms with Crippen molar-refractivity contribution in [3.63, 3.8) is 0 Å². The summed E-state index contributed by atoms with van der Waals surface area (Å²) < 4.78 is 0. The lowest BCUT2D eigenvalue weighted by Gasteiger charge is -2.30. The third-order valence-electron chi connectivity index (χ3n) is 4.76. The van der Waals surface area contributed by atoms with E-state index in [-0.39, 0.29) is 6.10 Å². The zero-order chi connectivity index (χ0) is 13.8. The molecule has 0 aromatic heterocycles. The first-order valence-corrected chi connectivity index (χ1v) is 8.02. The van der Waals surface area contributed by atoms with Gasteiger partial charge in [0.1, 0.15) is 0 Å². The maximum Gasteiger partial charge on any atom is 0.0564 e. The van der Waals surface area contributed by atoms with Crippen LogP contribution in [0, 0.1) is 0 Å². The van der Waals surface area contributed by atoms with Crippen LogP contribution in [-0.4, -0.2) is 35.2 Å². The van der Waals surface area contributed by atoms with Gasteiger partial charge in [-0.2, -0.15) is 0 Å². The molecule has 1 aromatic rings. The van der Waals surface area contributed by atoms with Gasteiger partial charge in [0.25, 0.3) is 0 Å². The average Bonchev–Trinajstić information content (AvgIpc) is 2.41. The first kappa shape index (κ1) is 14.1. The monoisotopic (exact) mass is 274 g/mol. The van der Waals surface area contributed by atoms with E-state index in [4.69, 9.17) is 0 Å². The van der Waals surface area contributed by atoms with Gasteiger partial charge in [-0.05, 0) is 36.8 Å². The summed E-state index contributed by atoms with van der Waals surface area (Å²) in [4.78, 5) is 2.47. The van der Waals surface area contributed by atoms with Crippen LogP contribution in [0.2, 0.25) is 0 Å². The van der Waals surface area contributed by atoms with Crippen molar-refractivity contribution in [2.75, 3.05) is 13.1 Å². The second kappa shape index (κ2) is 6.70. The minimum Gasteiger partial charge on any atom is -0.393 e. The van der Waals surface area contributed by atoms with Gasteiger partial charge in [-0.3, -0.25) is 4.90 Å². The van der Waals surface area contributed by atoms with E-state index in [1.807, 2.05) is 0 Å². The normalized spacial score (nSPS) is 21.9. The molecule has 2 fully saturated rings. The maximum atomic E-state index is 9.59. The fourth-order valence-electron chi connectivity index (χ4n) is 3.07. The molecule has 0 radical (unpaired) electrons. The standard InChI is InChI=1S/C17H26N2O/c20-17-8-10-19(11-9-17)13-15-5-2-1-4-14(15)12-18-16-6-3-7-16/h1-2,4-5,16-18,20H,3,6-13H2. The lowest BCUT2D eigenvalue weighted by Crippen LogP contribution is -2.36. The number of hydrogen-bond donors (Lipinski definition) is 2. The van der Waals surface area contributed by atoms with E-state index in [0.717, 1.165) is 45.1 Å². The molecule has 0 atom stereocenters. The van der Waals surface area contributed by atoms with Crippen LogP contribution in [0.4, 0.5) is 0 Å². The summed E-state index contributed by atoms with van der Waals surface area (Å²) in [5.74, 6) is 0. The van der Waals surface area contributed by atoms with E-state index < -0.39 is 0 Å². The number of nitrogens with one attached hydrogen (secondary N) is 1. The summed E-state index contributed by atoms with van der Waals surface area (Å²) in [6.07, 6.45) is 5.82. The molecule has 110 valence electrons. The van der Waals surface area contributed by atoms with Gasteiger partial charge in [-0.15, -0.1) is 0 Å². The zero-order valence-corrected chi connectivity index (χ0v) is 12.2. The van der Waals surface area contributed by atoms with E-state index in [9.17, 15) is 5.11 Å². The van der Waals surface area contributed by atoms with E-state index in [2.05, 4.69) is 34.5 Å². The first-order chi connectivity index (χ1) is 9.81. The predicted octanol–water partition coefficient (Wildman–Crippen LogP) is 2.29. The molecule has 0 amide bonds. The highest BCUT2D eigenvalue weighted by Crippen LogP contribution is 2.20. The molecule has 0 spiro atoms. The minimum atomic E-state index is -0.0817. The number of nitrogens with zero attached hydrogens (tertiary/aromatic N) is 1. The SMILES string of the molecule is OC1CCN(Cc2ccccc2CNC2CCC2)CC1. The number of piperidine rings is 1. The molecule has 1 saturated carbocycles. The number of likely N-dealkylation sites (tertiary alicyclic amines) is 1. The van der Waals surface area contributed by atoms with Gasteiger partial charge in [0.05, 0.1) is 6.10 Å². The summed E-state index contributed by atoms with van der Waals surface area (Å²) >= 11 is 0. The highest BCUT2D eigenvalue weighted by Gasteiger charge is 2.19. The topological polar surface area (TPSA) is 35.5 Å². The van der Waals surface area contributed by atoms with Crippen LogP contribution in [0.15, 0.2) is 24.3 Å². The largest absolute Gasteiger partial charge is 0.393 e. The average molecular weight is 274 g/mol. The van der Waals surface area contributed by atoms with Crippen LogP contribution in [0.1, 0.15) is 43.2 Å². The molecular formula is C17H26N2O. The number of aliphatic hydroxyl groups excluding tert-OH is 1. The summed E-state index contributed by atoms with van der Waals surface area (Å²) in [5, 5.41) is 13.3. The van der Waals surface area contributed by atoms with Crippen LogP contribution < -0.4 is 5.32 Å². The Hall–Kier alpha value is -0.900. The zero-order valence-electron chi connectivity index (χ0n) is 12.2. The highest BCUT2D eigenvalue weighted by molar-refractivity contribution is 5.27. The van der Waals surface area contributed by atoms with Crippen molar-refractivity contribution >= 4 is 0 Å². The van der Waals surface area contributed by atoms with Gasteiger partial charge >= 0.3 is 0 Å². The number of hydrogen-bond acceptors (Lipinski definition) is 3. The fourth-order valence-corrected chi connectivity index (χ4v) is 3.07. The molecule has 20 heavy (non-hydrogen) atoms. The van der Waals surface area contributed by atoms with Gasteiger partial charge in [0.15, 0.2) is 0 Å². The fraction of sp³-hybridized carbons (Fsp3) is 0.647. The van der Waals surface area contributed by atoms with Gasteiger partial charge < -0.3 is 10.4 Å². The Labute approximate surface area is 122 Å². The highest BCUT2D eigenvalue weighted by atomic mass is 16.3. The summed E-state index contributed by atoms with van der Waals surface area (Å²) in [5.41, 5.74) is 2.88. The Morgan fingerprint density at radius 3 is 2.40 bits per heavy atom. The van der Waals surface area contributed by atoms with Gasteiger partial charge in [0.2, 0.25) is 0 Å². The van der Waals surface area contributed by atoms with Crippen molar-refractivity contribution in [2.45, 2.75) is 57.3 Å². The quantitative estimate of drug-likeness (QED) is 0.865. The Kier molecular flexibility index (Phi) is 4.71. The molecule has 3 rings (SSSR count). The number of benzene rings is 1. The van der Waals surface area contributed by atoms with Crippen molar-refractivity contribution in [3.8, 4) is 0 Å². The lowest BCUT2D eigenvalue weighted by atomic mass is 9.93. The van der Waals surface area contributed by atoms with E-state index in [1.54, 1.807) is 0 Å². The molecule has 1 aliphatic heterocycles. The third kappa shape index (κ3) is 3.60. The van der Waals surface area contributed by atoms with Gasteiger partial charge in [0, 0.05) is 32.2 Å². The van der Waals surface area contributed by atoms with Crippen LogP contribution in [0.25, 0.3) is 0 Å². The smallest absolute Gasteiger partial charge is 0.0564 e. The molecular weight excluding hydrogens is 248 g/mol. The molecule has 3 nitrogen and oxygen atoms in total. The van der Waals surface area contributed by atoms with E-state index in [1.165, 1.54) is 30.4 Å². The number of aliphatic hydroxyl groups is 1. The van der Waals surface area contributed by atoms with Gasteiger partial charge in [-0.25, -0.2) is 0 Å². The van der Waals surface area contributed by atoms with Gasteiger partial charge in [-0.1, -0.05) is 30.7 Å². The molecule has 3 heteroatoms. The Balaban J connectivity index is 1.57. The minimum absolute atomic E-state index is 0.0817. The van der Waals surface area contributed by atoms with E-state index in [0.29, 0.717) is 0 Å². The second-order valence-electron chi connectivity index (χ2n) is 6.28. The molecule has 1 saturated heterocycles. The van der Waals surface area contributed by atoms with Crippen LogP contribution >= 0.6 is 0 Å². The summed E-state index contributed by atoms with van der Waals surface area (Å²) in [6.45, 7) is 4.06. The van der Waals surface area contributed by atoms with Crippen molar-refractivity contribution in [1.29, 1.82) is 0 Å². The van der Waals surface area contributed by atoms with Crippen LogP contribution in [0.5, 0.6) is 0 Å². The maximum absolute atomic E-state index is 9.59. The Morgan fingerprint density at radius 2 is 1.75 bits per heavy atom. The molecule has 2 N–H and O–H groups in total. The van der Waals surface area contributed by atoms with E-state index >= 15 is 0 Å². The van der Waals surface area contributed by atoms with Crippen molar-refractivity contribution < 1.29 is 5.11 Å². The molecule has 1 aliphatic carbocycles. The Morgan fingerprint density at radius 1 is 1.05 bits per heavy atom. The molecule has 1 heterocycles. The summed E-state index contributed by atoms with van der Waals surface area (Å²) in [6, 6.07) is 9.53. The predicted molar refractivity (Wildman–Crippen MR) is 81.4 cm³/mol. The lowest BCUT2D eigenvalue weighted by molar-refractivity contribution is 0.0791.